The number of carboxylic acids is 1. The number of nitrogens with two attached hydrogens (primary N) is 1. The number of fused-ring (bicyclic) bond motifs is 1. The van der Waals surface area contributed by atoms with Gasteiger partial charge in [0.2, 0.25) is 59.1 Å². The number of hydrogen-bond donors (Lipinski definition) is 12. The SMILES string of the molecule is CC(C)=CCCC(C)=CCOc1ccc(CC2NC(=O)C(CC(=O)O)NC(=O)C(C(C)C)NC(=O)CNC(=O)C(CO)NC(=O)C(CCS(C)=O)NC(=O)C3CCCN3C(=O)C(CC(N)=O)NC(=O)C(Cc3ccc(O)cc3)NC2=O)cc1. The number of primary amides is 1. The third kappa shape index (κ3) is 22.6. The van der Waals surface area contributed by atoms with Crippen molar-refractivity contribution in [2.24, 2.45) is 11.7 Å². The van der Waals surface area contributed by atoms with Gasteiger partial charge in [-0.05, 0) is 100 Å². The first-order valence-corrected chi connectivity index (χ1v) is 28.9. The Kier molecular flexibility index (Phi) is 26.8. The van der Waals surface area contributed by atoms with Crippen LogP contribution in [0.25, 0.3) is 0 Å². The Morgan fingerprint density at radius 2 is 1.25 bits per heavy atom. The maximum absolute atomic E-state index is 14.8. The van der Waals surface area contributed by atoms with Gasteiger partial charge in [-0.2, -0.15) is 0 Å². The number of rotatable bonds is 19. The van der Waals surface area contributed by atoms with Gasteiger partial charge >= 0.3 is 5.97 Å². The number of aliphatic carboxylic acids is 1. The van der Waals surface area contributed by atoms with Crippen LogP contribution in [0.15, 0.2) is 71.8 Å². The number of carbonyl (C=O) groups excluding carboxylic acids is 10. The molecule has 0 radical (unpaired) electrons. The molecule has 9 atom stereocenters. The van der Waals surface area contributed by atoms with Gasteiger partial charge in [-0.1, -0.05) is 55.3 Å². The Morgan fingerprint density at radius 1 is 0.711 bits per heavy atom. The standard InChI is InChI=1S/C56H78N10O16S/c1-31(2)9-7-10-33(5)20-23-82-37-18-14-35(15-19-37)26-39-51(75)60-40(25-34-12-16-36(68)17-13-34)52(76)63-42(27-45(57)69)56(80)66-22-8-11-44(66)54(78)59-38(21-24-83(6)81)50(74)64-43(30-67)49(73)58-29-46(70)65-48(32(3)4)55(79)62-41(28-47(71)72)53(77)61-39/h9,12-20,32,38-44,48,67-68H,7-8,10-11,21-30H2,1-6H3,(H2,57,69)(H,58,73)(H,59,78)(H,60,75)(H,61,77)(H,62,79)(H,63,76)(H,64,74)(H,65,70)(H,71,72). The molecule has 26 nitrogen and oxygen atoms in total. The lowest BCUT2D eigenvalue weighted by Gasteiger charge is -2.31. The monoisotopic (exact) mass is 1180 g/mol. The van der Waals surface area contributed by atoms with Gasteiger partial charge in [0.15, 0.2) is 0 Å². The van der Waals surface area contributed by atoms with E-state index in [1.807, 2.05) is 26.8 Å². The number of nitrogens with one attached hydrogen (secondary N) is 8. The van der Waals surface area contributed by atoms with E-state index in [-0.39, 0.29) is 56.8 Å². The summed E-state index contributed by atoms with van der Waals surface area (Å²) in [4.78, 5) is 153. The summed E-state index contributed by atoms with van der Waals surface area (Å²) in [6, 6.07) is -1.10. The lowest BCUT2D eigenvalue weighted by atomic mass is 10.0. The zero-order chi connectivity index (χ0) is 61.5. The fraction of sp³-hybridized carbons (Fsp3) is 0.518. The third-order valence-corrected chi connectivity index (χ3v) is 14.3. The maximum Gasteiger partial charge on any atom is 0.305 e. The molecule has 2 fully saturated rings. The molecule has 4 rings (SSSR count). The second-order valence-corrected chi connectivity index (χ2v) is 22.5. The van der Waals surface area contributed by atoms with Crippen LogP contribution in [0.4, 0.5) is 0 Å². The van der Waals surface area contributed by atoms with Crippen molar-refractivity contribution in [2.75, 3.05) is 38.3 Å². The molecule has 2 saturated heterocycles. The molecule has 27 heteroatoms. The number of nitrogens with zero attached hydrogens (tertiary/aromatic N) is 1. The third-order valence-electron chi connectivity index (χ3n) is 13.5. The van der Waals surface area contributed by atoms with Crippen LogP contribution in [0.2, 0.25) is 0 Å². The number of phenols is 1. The summed E-state index contributed by atoms with van der Waals surface area (Å²) in [7, 11) is -1.51. The molecule has 13 N–H and O–H groups in total. The molecule has 0 aromatic heterocycles. The summed E-state index contributed by atoms with van der Waals surface area (Å²) in [6.07, 6.45) is 4.59. The number of carbonyl (C=O) groups is 11. The van der Waals surface area contributed by atoms with Crippen LogP contribution in [0.5, 0.6) is 11.5 Å². The molecule has 10 amide bonds. The van der Waals surface area contributed by atoms with Crippen LogP contribution in [-0.4, -0.2) is 176 Å². The lowest BCUT2D eigenvalue weighted by Crippen LogP contribution is -2.61. The van der Waals surface area contributed by atoms with E-state index >= 15 is 0 Å². The topological polar surface area (TPSA) is 400 Å². The van der Waals surface area contributed by atoms with E-state index in [2.05, 4.69) is 48.6 Å². The number of phenolic OH excluding ortho intramolecular Hbond substituents is 1. The second kappa shape index (κ2) is 33.0. The van der Waals surface area contributed by atoms with Crippen LogP contribution >= 0.6 is 0 Å². The number of aromatic hydroxyl groups is 1. The van der Waals surface area contributed by atoms with Crippen LogP contribution < -0.4 is 53.0 Å². The minimum Gasteiger partial charge on any atom is -0.508 e. The molecule has 83 heavy (non-hydrogen) atoms. The average Bonchev–Trinajstić information content (AvgIpc) is 3.99. The van der Waals surface area contributed by atoms with E-state index in [9.17, 15) is 72.3 Å². The molecule has 0 aliphatic carbocycles. The smallest absolute Gasteiger partial charge is 0.305 e. The molecule has 2 aromatic rings. The Hall–Kier alpha value is -8.20. The highest BCUT2D eigenvalue weighted by atomic mass is 32.2. The highest BCUT2D eigenvalue weighted by Gasteiger charge is 2.41. The Labute approximate surface area is 483 Å². The Bertz CT molecular complexity index is 2750. The number of allylic oxidation sites excluding steroid dienone is 3. The van der Waals surface area contributed by atoms with Gasteiger partial charge in [-0.15, -0.1) is 0 Å². The number of benzene rings is 2. The van der Waals surface area contributed by atoms with Crippen molar-refractivity contribution in [3.05, 3.63) is 83.0 Å². The molecule has 0 bridgehead atoms. The predicted molar refractivity (Wildman–Crippen MR) is 303 cm³/mol. The van der Waals surface area contributed by atoms with E-state index in [1.54, 1.807) is 24.3 Å². The van der Waals surface area contributed by atoms with Crippen molar-refractivity contribution in [1.29, 1.82) is 0 Å². The summed E-state index contributed by atoms with van der Waals surface area (Å²) >= 11 is 0. The number of aliphatic hydroxyl groups excluding tert-OH is 1. The summed E-state index contributed by atoms with van der Waals surface area (Å²) in [5.41, 5.74) is 8.71. The molecule has 0 spiro atoms. The summed E-state index contributed by atoms with van der Waals surface area (Å²) in [5, 5.41) is 49.7. The van der Waals surface area contributed by atoms with E-state index < -0.39 is 156 Å². The number of hydrogen-bond acceptors (Lipinski definition) is 15. The van der Waals surface area contributed by atoms with Gasteiger partial charge in [0, 0.05) is 42.2 Å². The van der Waals surface area contributed by atoms with Gasteiger partial charge in [0.1, 0.15) is 66.4 Å². The minimum absolute atomic E-state index is 0.0231. The van der Waals surface area contributed by atoms with Crippen LogP contribution in [-0.2, 0) is 76.4 Å². The molecule has 2 aliphatic rings. The van der Waals surface area contributed by atoms with Crippen LogP contribution in [0, 0.1) is 5.92 Å². The first-order valence-electron chi connectivity index (χ1n) is 27.1. The highest BCUT2D eigenvalue weighted by molar-refractivity contribution is 7.84. The first kappa shape index (κ1) is 67.3. The van der Waals surface area contributed by atoms with E-state index in [4.69, 9.17) is 10.5 Å². The molecule has 2 heterocycles. The van der Waals surface area contributed by atoms with Crippen molar-refractivity contribution in [1.82, 2.24) is 47.4 Å². The van der Waals surface area contributed by atoms with Gasteiger partial charge in [-0.25, -0.2) is 0 Å². The van der Waals surface area contributed by atoms with Gasteiger partial charge in [0.05, 0.1) is 26.0 Å². The molecule has 2 aromatic carbocycles. The van der Waals surface area contributed by atoms with E-state index in [0.29, 0.717) is 16.9 Å². The molecule has 9 unspecified atom stereocenters. The normalized spacial score (nSPS) is 23.6. The predicted octanol–water partition coefficient (Wildman–Crippen LogP) is -1.47. The van der Waals surface area contributed by atoms with Crippen molar-refractivity contribution in [3.63, 3.8) is 0 Å². The van der Waals surface area contributed by atoms with E-state index in [1.165, 1.54) is 49.9 Å². The van der Waals surface area contributed by atoms with Gasteiger partial charge < -0.3 is 73.2 Å². The number of carboxylic acid groups (broad SMARTS) is 1. The molecular weight excluding hydrogens is 1100 g/mol. The van der Waals surface area contributed by atoms with Crippen molar-refractivity contribution < 1.29 is 77.0 Å². The largest absolute Gasteiger partial charge is 0.508 e. The summed E-state index contributed by atoms with van der Waals surface area (Å²) < 4.78 is 18.2. The average molecular weight is 1180 g/mol. The van der Waals surface area contributed by atoms with Crippen LogP contribution in [0.1, 0.15) is 90.7 Å². The van der Waals surface area contributed by atoms with Gasteiger partial charge in [0.25, 0.3) is 0 Å². The Balaban J connectivity index is 1.82. The fourth-order valence-electron chi connectivity index (χ4n) is 8.92. The van der Waals surface area contributed by atoms with Crippen LogP contribution in [0.3, 0.4) is 0 Å². The first-order chi connectivity index (χ1) is 39.2. The lowest BCUT2D eigenvalue weighted by molar-refractivity contribution is -0.143. The van der Waals surface area contributed by atoms with Crippen molar-refractivity contribution in [3.8, 4) is 11.5 Å². The quantitative estimate of drug-likeness (QED) is 0.0715. The number of amides is 10. The van der Waals surface area contributed by atoms with Crippen molar-refractivity contribution in [2.45, 2.75) is 141 Å². The molecular formula is C56H78N10O16S. The minimum atomic E-state index is -1.91. The Morgan fingerprint density at radius 3 is 1.81 bits per heavy atom. The maximum atomic E-state index is 14.8. The zero-order valence-corrected chi connectivity index (χ0v) is 48.3. The molecule has 454 valence electrons. The van der Waals surface area contributed by atoms with Crippen molar-refractivity contribution >= 4 is 75.8 Å². The highest BCUT2D eigenvalue weighted by Crippen LogP contribution is 2.21. The van der Waals surface area contributed by atoms with E-state index in [0.717, 1.165) is 23.3 Å². The summed E-state index contributed by atoms with van der Waals surface area (Å²) in [6.45, 7) is 7.37. The molecule has 2 aliphatic heterocycles. The second-order valence-electron chi connectivity index (χ2n) is 21.0. The summed E-state index contributed by atoms with van der Waals surface area (Å²) in [5.74, 6) is -12.5. The van der Waals surface area contributed by atoms with Gasteiger partial charge in [-0.3, -0.25) is 56.9 Å². The molecule has 0 saturated carbocycles. The number of ether oxygens (including phenoxy) is 1. The number of aliphatic hydroxyl groups is 1. The zero-order valence-electron chi connectivity index (χ0n) is 47.5. The fourth-order valence-corrected chi connectivity index (χ4v) is 9.49.